The van der Waals surface area contributed by atoms with Crippen LogP contribution in [-0.4, -0.2) is 48.9 Å². The molecule has 0 aliphatic heterocycles. The Kier molecular flexibility index (Phi) is 7.53. The first-order valence-corrected chi connectivity index (χ1v) is 8.76. The number of hydrogen-bond donors (Lipinski definition) is 3. The minimum atomic E-state index is -0.494. The van der Waals surface area contributed by atoms with Crippen molar-refractivity contribution in [1.82, 2.24) is 15.5 Å². The molecule has 0 heterocycles. The van der Waals surface area contributed by atoms with Crippen molar-refractivity contribution in [3.63, 3.8) is 0 Å². The fraction of sp³-hybridized carbons (Fsp3) is 0.500. The van der Waals surface area contributed by atoms with Gasteiger partial charge in [0.15, 0.2) is 0 Å². The molecule has 0 atom stereocenters. The van der Waals surface area contributed by atoms with Gasteiger partial charge < -0.3 is 10.6 Å². The number of nitrogens with one attached hydrogen (secondary N) is 3. The first kappa shape index (κ1) is 19.8. The maximum absolute atomic E-state index is 12.8. The van der Waals surface area contributed by atoms with E-state index in [0.29, 0.717) is 5.69 Å². The van der Waals surface area contributed by atoms with Crippen LogP contribution in [0.3, 0.4) is 0 Å². The molecule has 0 radical (unpaired) electrons. The van der Waals surface area contributed by atoms with Gasteiger partial charge in [0.25, 0.3) is 0 Å². The number of halogens is 1. The van der Waals surface area contributed by atoms with Crippen molar-refractivity contribution in [2.24, 2.45) is 0 Å². The standard InChI is InChI=1S/C18H25FN4O3/c1-23(11-16(24)20-15-9-7-13(19)8-10-15)12-17(25)22-18(26)21-14-5-3-2-4-6-14/h7-10,14H,2-6,11-12H2,1H3,(H,20,24)(H2,21,22,25,26). The van der Waals surface area contributed by atoms with Gasteiger partial charge in [-0.2, -0.15) is 0 Å². The quantitative estimate of drug-likeness (QED) is 0.719. The third-order valence-corrected chi connectivity index (χ3v) is 4.15. The van der Waals surface area contributed by atoms with E-state index in [1.165, 1.54) is 35.6 Å². The Balaban J connectivity index is 1.67. The fourth-order valence-electron chi connectivity index (χ4n) is 2.91. The van der Waals surface area contributed by atoms with Crippen LogP contribution < -0.4 is 16.0 Å². The minimum Gasteiger partial charge on any atom is -0.335 e. The zero-order chi connectivity index (χ0) is 18.9. The molecule has 1 fully saturated rings. The molecule has 3 N–H and O–H groups in total. The molecule has 8 heteroatoms. The average molecular weight is 364 g/mol. The van der Waals surface area contributed by atoms with E-state index in [9.17, 15) is 18.8 Å². The van der Waals surface area contributed by atoms with Crippen LogP contribution in [0.1, 0.15) is 32.1 Å². The number of carbonyl (C=O) groups is 3. The Labute approximate surface area is 152 Å². The van der Waals surface area contributed by atoms with Crippen LogP contribution in [0.2, 0.25) is 0 Å². The van der Waals surface area contributed by atoms with E-state index in [1.54, 1.807) is 7.05 Å². The highest BCUT2D eigenvalue weighted by Crippen LogP contribution is 2.17. The maximum atomic E-state index is 12.8. The Bertz CT molecular complexity index is 630. The van der Waals surface area contributed by atoms with Crippen molar-refractivity contribution >= 4 is 23.5 Å². The number of carbonyl (C=O) groups excluding carboxylic acids is 3. The second-order valence-corrected chi connectivity index (χ2v) is 6.58. The third kappa shape index (κ3) is 7.18. The van der Waals surface area contributed by atoms with Crippen LogP contribution in [0.25, 0.3) is 0 Å². The lowest BCUT2D eigenvalue weighted by Gasteiger charge is -2.23. The normalized spacial score (nSPS) is 14.7. The first-order chi connectivity index (χ1) is 12.4. The van der Waals surface area contributed by atoms with Gasteiger partial charge in [0, 0.05) is 11.7 Å². The molecule has 26 heavy (non-hydrogen) atoms. The lowest BCUT2D eigenvalue weighted by Crippen LogP contribution is -2.48. The Hall–Kier alpha value is -2.48. The summed E-state index contributed by atoms with van der Waals surface area (Å²) >= 11 is 0. The molecule has 1 aromatic rings. The number of benzene rings is 1. The van der Waals surface area contributed by atoms with Crippen molar-refractivity contribution in [2.75, 3.05) is 25.5 Å². The van der Waals surface area contributed by atoms with Crippen molar-refractivity contribution in [1.29, 1.82) is 0 Å². The summed E-state index contributed by atoms with van der Waals surface area (Å²) in [5.41, 5.74) is 0.473. The largest absolute Gasteiger partial charge is 0.335 e. The summed E-state index contributed by atoms with van der Waals surface area (Å²) in [5, 5.41) is 7.69. The van der Waals surface area contributed by atoms with E-state index >= 15 is 0 Å². The van der Waals surface area contributed by atoms with Gasteiger partial charge in [-0.05, 0) is 44.2 Å². The van der Waals surface area contributed by atoms with E-state index in [-0.39, 0.29) is 30.9 Å². The molecule has 0 aromatic heterocycles. The Morgan fingerprint density at radius 1 is 1.04 bits per heavy atom. The molecule has 2 rings (SSSR count). The summed E-state index contributed by atoms with van der Waals surface area (Å²) in [6, 6.07) is 5.03. The van der Waals surface area contributed by atoms with Crippen molar-refractivity contribution < 1.29 is 18.8 Å². The molecule has 1 aliphatic rings. The second-order valence-electron chi connectivity index (χ2n) is 6.58. The molecule has 0 unspecified atom stereocenters. The van der Waals surface area contributed by atoms with Crippen LogP contribution in [0.4, 0.5) is 14.9 Å². The molecule has 0 spiro atoms. The van der Waals surface area contributed by atoms with Crippen LogP contribution in [0.5, 0.6) is 0 Å². The molecule has 0 saturated heterocycles. The lowest BCUT2D eigenvalue weighted by atomic mass is 9.96. The molecule has 0 bridgehead atoms. The smallest absolute Gasteiger partial charge is 0.321 e. The van der Waals surface area contributed by atoms with Gasteiger partial charge >= 0.3 is 6.03 Å². The SMILES string of the molecule is CN(CC(=O)NC(=O)NC1CCCCC1)CC(=O)Nc1ccc(F)cc1. The van der Waals surface area contributed by atoms with Crippen LogP contribution in [0, 0.1) is 5.82 Å². The van der Waals surface area contributed by atoms with Gasteiger partial charge in [0.2, 0.25) is 11.8 Å². The number of likely N-dealkylation sites (N-methyl/N-ethyl adjacent to an activating group) is 1. The predicted octanol–water partition coefficient (Wildman–Crippen LogP) is 1.85. The summed E-state index contributed by atoms with van der Waals surface area (Å²) in [6.07, 6.45) is 5.23. The summed E-state index contributed by atoms with van der Waals surface area (Å²) in [5.74, 6) is -1.20. The summed E-state index contributed by atoms with van der Waals surface area (Å²) < 4.78 is 12.8. The molecule has 1 saturated carbocycles. The molecule has 142 valence electrons. The van der Waals surface area contributed by atoms with Gasteiger partial charge in [0.1, 0.15) is 5.82 Å². The third-order valence-electron chi connectivity index (χ3n) is 4.15. The van der Waals surface area contributed by atoms with Crippen LogP contribution in [0.15, 0.2) is 24.3 Å². The van der Waals surface area contributed by atoms with E-state index in [1.807, 2.05) is 0 Å². The van der Waals surface area contributed by atoms with Crippen molar-refractivity contribution in [3.8, 4) is 0 Å². The summed E-state index contributed by atoms with van der Waals surface area (Å²) in [4.78, 5) is 37.1. The molecule has 1 aromatic carbocycles. The van der Waals surface area contributed by atoms with Crippen molar-refractivity contribution in [3.05, 3.63) is 30.1 Å². The number of imide groups is 1. The van der Waals surface area contributed by atoms with E-state index in [4.69, 9.17) is 0 Å². The highest BCUT2D eigenvalue weighted by molar-refractivity contribution is 5.96. The van der Waals surface area contributed by atoms with E-state index < -0.39 is 11.9 Å². The number of rotatable bonds is 6. The number of urea groups is 1. The van der Waals surface area contributed by atoms with Crippen molar-refractivity contribution in [2.45, 2.75) is 38.1 Å². The highest BCUT2D eigenvalue weighted by atomic mass is 19.1. The summed E-state index contributed by atoms with van der Waals surface area (Å²) in [7, 11) is 1.60. The van der Waals surface area contributed by atoms with E-state index in [2.05, 4.69) is 16.0 Å². The molecular weight excluding hydrogens is 339 g/mol. The second kappa shape index (κ2) is 9.86. The van der Waals surface area contributed by atoms with Gasteiger partial charge in [0.05, 0.1) is 13.1 Å². The average Bonchev–Trinajstić information content (AvgIpc) is 2.57. The maximum Gasteiger partial charge on any atom is 0.321 e. The van der Waals surface area contributed by atoms with Gasteiger partial charge in [-0.1, -0.05) is 19.3 Å². The fourth-order valence-corrected chi connectivity index (χ4v) is 2.91. The Morgan fingerprint density at radius 2 is 1.65 bits per heavy atom. The molecular formula is C18H25FN4O3. The lowest BCUT2D eigenvalue weighted by molar-refractivity contribution is -0.122. The van der Waals surface area contributed by atoms with Crippen LogP contribution in [-0.2, 0) is 9.59 Å². The number of amides is 4. The molecule has 7 nitrogen and oxygen atoms in total. The van der Waals surface area contributed by atoms with E-state index in [0.717, 1.165) is 25.7 Å². The Morgan fingerprint density at radius 3 is 2.31 bits per heavy atom. The van der Waals surface area contributed by atoms with Gasteiger partial charge in [-0.25, -0.2) is 9.18 Å². The minimum absolute atomic E-state index is 0.0327. The zero-order valence-electron chi connectivity index (χ0n) is 14.9. The molecule has 4 amide bonds. The molecule has 1 aliphatic carbocycles. The first-order valence-electron chi connectivity index (χ1n) is 8.76. The predicted molar refractivity (Wildman–Crippen MR) is 96.1 cm³/mol. The summed E-state index contributed by atoms with van der Waals surface area (Å²) in [6.45, 7) is -0.121. The monoisotopic (exact) mass is 364 g/mol. The highest BCUT2D eigenvalue weighted by Gasteiger charge is 2.18. The number of nitrogens with zero attached hydrogens (tertiary/aromatic N) is 1. The van der Waals surface area contributed by atoms with Crippen LogP contribution >= 0.6 is 0 Å². The topological polar surface area (TPSA) is 90.5 Å². The zero-order valence-corrected chi connectivity index (χ0v) is 14.9. The van der Waals surface area contributed by atoms with Gasteiger partial charge in [-0.15, -0.1) is 0 Å². The number of anilines is 1. The van der Waals surface area contributed by atoms with Gasteiger partial charge in [-0.3, -0.25) is 19.8 Å². The number of hydrogen-bond acceptors (Lipinski definition) is 4.